The fraction of sp³-hybridized carbons (Fsp3) is 0.412. The highest BCUT2D eigenvalue weighted by atomic mass is 127. The van der Waals surface area contributed by atoms with Crippen LogP contribution in [0.2, 0.25) is 0 Å². The summed E-state index contributed by atoms with van der Waals surface area (Å²) in [5, 5.41) is 7.41. The number of aliphatic imine (C=N–C) groups is 1. The maximum Gasteiger partial charge on any atom is 0.434 e. The fourth-order valence-corrected chi connectivity index (χ4v) is 2.79. The van der Waals surface area contributed by atoms with Crippen molar-refractivity contribution in [1.82, 2.24) is 15.6 Å². The first-order valence-corrected chi connectivity index (χ1v) is 8.87. The van der Waals surface area contributed by atoms with E-state index in [0.717, 1.165) is 28.0 Å². The highest BCUT2D eigenvalue weighted by Gasteiger charge is 2.33. The summed E-state index contributed by atoms with van der Waals surface area (Å²) < 4.78 is 43.2. The first-order valence-electron chi connectivity index (χ1n) is 7.99. The largest absolute Gasteiger partial charge is 0.491 e. The minimum absolute atomic E-state index is 0. The summed E-state index contributed by atoms with van der Waals surface area (Å²) in [6.45, 7) is 4.62. The van der Waals surface area contributed by atoms with Gasteiger partial charge in [0.15, 0.2) is 11.7 Å². The Hall–Kier alpha value is -1.56. The van der Waals surface area contributed by atoms with E-state index in [1.165, 1.54) is 0 Å². The Morgan fingerprint density at radius 1 is 1.19 bits per heavy atom. The first-order chi connectivity index (χ1) is 12.3. The third kappa shape index (κ3) is 7.91. The molecule has 2 N–H and O–H groups in total. The third-order valence-corrected chi connectivity index (χ3v) is 4.08. The molecule has 0 aliphatic carbocycles. The zero-order chi connectivity index (χ0) is 19.2. The molecule has 0 aliphatic rings. The van der Waals surface area contributed by atoms with Gasteiger partial charge in [0.2, 0.25) is 0 Å². The number of halogens is 4. The normalized spacial score (nSPS) is 11.9. The number of guanidine groups is 1. The average Bonchev–Trinajstić information content (AvgIpc) is 3.05. The second-order valence-electron chi connectivity index (χ2n) is 5.71. The van der Waals surface area contributed by atoms with Gasteiger partial charge >= 0.3 is 6.18 Å². The molecule has 0 saturated carbocycles. The SMILES string of the molecule is CN=C(NCc1ccc(OC(C)C)cc1)NCc1nc(C(F)(F)F)cs1.I. The predicted octanol–water partition coefficient (Wildman–Crippen LogP) is 4.43. The zero-order valence-corrected chi connectivity index (χ0v) is 18.3. The Bertz CT molecular complexity index is 733. The Morgan fingerprint density at radius 3 is 2.33 bits per heavy atom. The van der Waals surface area contributed by atoms with E-state index in [1.807, 2.05) is 38.1 Å². The Balaban J connectivity index is 0.00000364. The monoisotopic (exact) mass is 514 g/mol. The van der Waals surface area contributed by atoms with Crippen molar-refractivity contribution < 1.29 is 17.9 Å². The van der Waals surface area contributed by atoms with Crippen molar-refractivity contribution in [2.45, 2.75) is 39.2 Å². The minimum atomic E-state index is -4.42. The topological polar surface area (TPSA) is 58.5 Å². The summed E-state index contributed by atoms with van der Waals surface area (Å²) in [4.78, 5) is 7.63. The molecule has 1 heterocycles. The van der Waals surface area contributed by atoms with Crippen LogP contribution in [0.3, 0.4) is 0 Å². The van der Waals surface area contributed by atoms with Crippen LogP contribution in [0, 0.1) is 0 Å². The van der Waals surface area contributed by atoms with Crippen molar-refractivity contribution in [3.8, 4) is 5.75 Å². The van der Waals surface area contributed by atoms with Gasteiger partial charge in [-0.1, -0.05) is 12.1 Å². The maximum atomic E-state index is 12.6. The van der Waals surface area contributed by atoms with Crippen molar-refractivity contribution in [2.75, 3.05) is 7.05 Å². The molecular weight excluding hydrogens is 492 g/mol. The van der Waals surface area contributed by atoms with Crippen LogP contribution in [0.1, 0.15) is 30.1 Å². The van der Waals surface area contributed by atoms with Crippen molar-refractivity contribution in [2.24, 2.45) is 4.99 Å². The second-order valence-corrected chi connectivity index (χ2v) is 6.66. The minimum Gasteiger partial charge on any atom is -0.491 e. The average molecular weight is 514 g/mol. The Morgan fingerprint density at radius 2 is 1.81 bits per heavy atom. The van der Waals surface area contributed by atoms with Crippen LogP contribution in [0.4, 0.5) is 13.2 Å². The van der Waals surface area contributed by atoms with Crippen molar-refractivity contribution in [1.29, 1.82) is 0 Å². The predicted molar refractivity (Wildman–Crippen MR) is 112 cm³/mol. The molecule has 0 radical (unpaired) electrons. The maximum absolute atomic E-state index is 12.6. The van der Waals surface area contributed by atoms with E-state index in [4.69, 9.17) is 4.74 Å². The molecule has 2 rings (SSSR count). The number of nitrogens with zero attached hydrogens (tertiary/aromatic N) is 2. The van der Waals surface area contributed by atoms with Crippen LogP contribution >= 0.6 is 35.3 Å². The van der Waals surface area contributed by atoms with Gasteiger partial charge in [-0.2, -0.15) is 13.2 Å². The molecule has 2 aromatic rings. The summed E-state index contributed by atoms with van der Waals surface area (Å²) in [6.07, 6.45) is -4.30. The number of hydrogen-bond donors (Lipinski definition) is 2. The number of hydrogen-bond acceptors (Lipinski definition) is 4. The number of nitrogens with one attached hydrogen (secondary N) is 2. The van der Waals surface area contributed by atoms with Crippen LogP contribution in [0.25, 0.3) is 0 Å². The molecule has 10 heteroatoms. The molecule has 5 nitrogen and oxygen atoms in total. The fourth-order valence-electron chi connectivity index (χ4n) is 2.05. The lowest BCUT2D eigenvalue weighted by molar-refractivity contribution is -0.140. The standard InChI is InChI=1S/C17H21F3N4OS.HI/c1-11(2)25-13-6-4-12(5-7-13)8-22-16(21-3)23-9-15-24-14(10-26-15)17(18,19)20;/h4-7,10-11H,8-9H2,1-3H3,(H2,21,22,23);1H. The van der Waals surface area contributed by atoms with Gasteiger partial charge < -0.3 is 15.4 Å². The van der Waals surface area contributed by atoms with E-state index < -0.39 is 11.9 Å². The number of ether oxygens (including phenoxy) is 1. The van der Waals surface area contributed by atoms with Crippen molar-refractivity contribution >= 4 is 41.3 Å². The molecular formula is C17H22F3IN4OS. The van der Waals surface area contributed by atoms with Crippen molar-refractivity contribution in [3.63, 3.8) is 0 Å². The molecule has 0 unspecified atom stereocenters. The van der Waals surface area contributed by atoms with Gasteiger partial charge in [-0.25, -0.2) is 4.98 Å². The van der Waals surface area contributed by atoms with Crippen LogP contribution in [0.5, 0.6) is 5.75 Å². The molecule has 1 aromatic carbocycles. The highest BCUT2D eigenvalue weighted by molar-refractivity contribution is 14.0. The van der Waals surface area contributed by atoms with Gasteiger partial charge in [0.1, 0.15) is 10.8 Å². The second kappa shape index (κ2) is 10.7. The molecule has 1 aromatic heterocycles. The van der Waals surface area contributed by atoms with Crippen LogP contribution in [0.15, 0.2) is 34.6 Å². The number of alkyl halides is 3. The van der Waals surface area contributed by atoms with Crippen molar-refractivity contribution in [3.05, 3.63) is 45.9 Å². The Labute approximate surface area is 177 Å². The number of aromatic nitrogens is 1. The van der Waals surface area contributed by atoms with E-state index in [9.17, 15) is 13.2 Å². The molecule has 0 bridgehead atoms. The quantitative estimate of drug-likeness (QED) is 0.340. The first kappa shape index (κ1) is 23.5. The summed E-state index contributed by atoms with van der Waals surface area (Å²) in [7, 11) is 1.60. The van der Waals surface area contributed by atoms with Crippen LogP contribution < -0.4 is 15.4 Å². The molecule has 0 fully saturated rings. The van der Waals surface area contributed by atoms with E-state index >= 15 is 0 Å². The van der Waals surface area contributed by atoms with Gasteiger partial charge in [-0.05, 0) is 31.5 Å². The molecule has 0 aliphatic heterocycles. The van der Waals surface area contributed by atoms with Gasteiger partial charge in [0.05, 0.1) is 12.6 Å². The van der Waals surface area contributed by atoms with Gasteiger partial charge in [0, 0.05) is 19.0 Å². The van der Waals surface area contributed by atoms with Crippen LogP contribution in [-0.4, -0.2) is 24.1 Å². The number of benzene rings is 1. The van der Waals surface area contributed by atoms with Gasteiger partial charge in [-0.15, -0.1) is 35.3 Å². The summed E-state index contributed by atoms with van der Waals surface area (Å²) >= 11 is 0.959. The molecule has 0 spiro atoms. The molecule has 0 saturated heterocycles. The third-order valence-electron chi connectivity index (χ3n) is 3.23. The smallest absolute Gasteiger partial charge is 0.434 e. The van der Waals surface area contributed by atoms with Gasteiger partial charge in [0.25, 0.3) is 0 Å². The Kier molecular flexibility index (Phi) is 9.30. The molecule has 0 atom stereocenters. The zero-order valence-electron chi connectivity index (χ0n) is 15.1. The molecule has 0 amide bonds. The highest BCUT2D eigenvalue weighted by Crippen LogP contribution is 2.29. The van der Waals surface area contributed by atoms with Crippen LogP contribution in [-0.2, 0) is 19.3 Å². The summed E-state index contributed by atoms with van der Waals surface area (Å²) in [5.41, 5.74) is 0.156. The lowest BCUT2D eigenvalue weighted by Gasteiger charge is -2.12. The van der Waals surface area contributed by atoms with E-state index in [-0.39, 0.29) is 36.6 Å². The van der Waals surface area contributed by atoms with E-state index in [1.54, 1.807) is 7.05 Å². The number of thiazole rings is 1. The number of rotatable bonds is 6. The van der Waals surface area contributed by atoms with E-state index in [2.05, 4.69) is 20.6 Å². The lowest BCUT2D eigenvalue weighted by atomic mass is 10.2. The van der Waals surface area contributed by atoms with Gasteiger partial charge in [-0.3, -0.25) is 4.99 Å². The summed E-state index contributed by atoms with van der Waals surface area (Å²) in [5.74, 6) is 1.28. The molecule has 150 valence electrons. The molecule has 27 heavy (non-hydrogen) atoms. The lowest BCUT2D eigenvalue weighted by Crippen LogP contribution is -2.36. The summed E-state index contributed by atoms with van der Waals surface area (Å²) in [6, 6.07) is 7.66. The van der Waals surface area contributed by atoms with E-state index in [0.29, 0.717) is 17.5 Å².